The summed E-state index contributed by atoms with van der Waals surface area (Å²) in [7, 11) is 0. The van der Waals surface area contributed by atoms with Gasteiger partial charge in [0.25, 0.3) is 11.8 Å². The highest BCUT2D eigenvalue weighted by atomic mass is 79.9. The number of hydrogen-bond acceptors (Lipinski definition) is 6. The van der Waals surface area contributed by atoms with E-state index in [1.54, 1.807) is 24.3 Å². The number of benzene rings is 1. The fourth-order valence-corrected chi connectivity index (χ4v) is 3.10. The summed E-state index contributed by atoms with van der Waals surface area (Å²) in [4.78, 5) is 37.3. The van der Waals surface area contributed by atoms with E-state index < -0.39 is 0 Å². The van der Waals surface area contributed by atoms with Crippen molar-refractivity contribution in [3.63, 3.8) is 0 Å². The third-order valence-electron chi connectivity index (χ3n) is 3.51. The molecule has 1 unspecified atom stereocenters. The number of hydrogen-bond donors (Lipinski definition) is 1. The number of carbonyl (C=O) groups is 3. The van der Waals surface area contributed by atoms with E-state index in [1.165, 1.54) is 0 Å². The minimum Gasteiger partial charge on any atom is -0.300 e. The zero-order valence-corrected chi connectivity index (χ0v) is 15.1. The Morgan fingerprint density at radius 1 is 1.25 bits per heavy atom. The van der Waals surface area contributed by atoms with Gasteiger partial charge in [0.1, 0.15) is 5.01 Å². The fraction of sp³-hybridized carbons (Fsp3) is 0.267. The molecule has 3 amide bonds. The number of alkyl halides is 1. The first-order valence-electron chi connectivity index (χ1n) is 7.23. The van der Waals surface area contributed by atoms with Gasteiger partial charge in [-0.05, 0) is 18.6 Å². The van der Waals surface area contributed by atoms with Gasteiger partial charge < -0.3 is 0 Å². The van der Waals surface area contributed by atoms with E-state index in [9.17, 15) is 14.4 Å². The summed E-state index contributed by atoms with van der Waals surface area (Å²) in [5.74, 6) is -0.897. The van der Waals surface area contributed by atoms with Crippen molar-refractivity contribution in [2.45, 2.75) is 24.7 Å². The third-order valence-corrected chi connectivity index (χ3v) is 5.40. The molecule has 9 heteroatoms. The SMILES string of the molecule is CCC(Br)C(=O)Nc1nnc(CN2C(=O)c3ccccc3C2=O)s1. The van der Waals surface area contributed by atoms with E-state index in [1.807, 2.05) is 6.92 Å². The zero-order valence-electron chi connectivity index (χ0n) is 12.7. The van der Waals surface area contributed by atoms with Gasteiger partial charge in [0.2, 0.25) is 11.0 Å². The highest BCUT2D eigenvalue weighted by Gasteiger charge is 2.35. The highest BCUT2D eigenvalue weighted by molar-refractivity contribution is 9.10. The molecule has 0 spiro atoms. The number of aromatic nitrogens is 2. The molecule has 1 aromatic carbocycles. The van der Waals surface area contributed by atoms with E-state index in [0.29, 0.717) is 27.7 Å². The monoisotopic (exact) mass is 408 g/mol. The highest BCUT2D eigenvalue weighted by Crippen LogP contribution is 2.26. The average molecular weight is 409 g/mol. The van der Waals surface area contributed by atoms with Gasteiger partial charge >= 0.3 is 0 Å². The standard InChI is InChI=1S/C15H13BrN4O3S/c1-2-10(16)12(21)17-15-19-18-11(24-15)7-20-13(22)8-5-3-4-6-9(8)14(20)23/h3-6,10H,2,7H2,1H3,(H,17,19,21). The number of fused-ring (bicyclic) bond motifs is 1. The second kappa shape index (κ2) is 6.78. The molecule has 124 valence electrons. The number of anilines is 1. The number of carbonyl (C=O) groups excluding carboxylic acids is 3. The Bertz CT molecular complexity index is 788. The molecule has 0 fully saturated rings. The predicted octanol–water partition coefficient (Wildman–Crippen LogP) is 2.45. The van der Waals surface area contributed by atoms with Crippen molar-refractivity contribution in [1.29, 1.82) is 0 Å². The Morgan fingerprint density at radius 2 is 1.88 bits per heavy atom. The average Bonchev–Trinajstić information content (AvgIpc) is 3.13. The van der Waals surface area contributed by atoms with Gasteiger partial charge in [-0.2, -0.15) is 0 Å². The molecule has 2 aromatic rings. The Balaban J connectivity index is 1.71. The quantitative estimate of drug-likeness (QED) is 0.605. The smallest absolute Gasteiger partial charge is 0.261 e. The topological polar surface area (TPSA) is 92.3 Å². The van der Waals surface area contributed by atoms with Crippen LogP contribution >= 0.6 is 27.3 Å². The molecule has 7 nitrogen and oxygen atoms in total. The van der Waals surface area contributed by atoms with Crippen molar-refractivity contribution in [2.24, 2.45) is 0 Å². The van der Waals surface area contributed by atoms with Crippen molar-refractivity contribution in [3.05, 3.63) is 40.4 Å². The maximum Gasteiger partial charge on any atom is 0.261 e. The minimum atomic E-state index is -0.345. The Hall–Kier alpha value is -2.13. The molecule has 0 saturated heterocycles. The van der Waals surface area contributed by atoms with Gasteiger partial charge in [-0.1, -0.05) is 46.3 Å². The molecule has 3 rings (SSSR count). The number of amides is 3. The fourth-order valence-electron chi connectivity index (χ4n) is 2.26. The van der Waals surface area contributed by atoms with Crippen LogP contribution < -0.4 is 5.32 Å². The summed E-state index contributed by atoms with van der Waals surface area (Å²) in [6.07, 6.45) is 0.645. The summed E-state index contributed by atoms with van der Waals surface area (Å²) in [5.41, 5.74) is 0.788. The van der Waals surface area contributed by atoms with Gasteiger partial charge in [0, 0.05) is 0 Å². The molecule has 1 aromatic heterocycles. The third kappa shape index (κ3) is 3.09. The van der Waals surface area contributed by atoms with Crippen LogP contribution in [0.3, 0.4) is 0 Å². The lowest BCUT2D eigenvalue weighted by Crippen LogP contribution is -2.29. The Kier molecular flexibility index (Phi) is 4.72. The number of halogens is 1. The molecule has 24 heavy (non-hydrogen) atoms. The number of imide groups is 1. The van der Waals surface area contributed by atoms with Crippen LogP contribution in [0.25, 0.3) is 0 Å². The number of nitrogens with one attached hydrogen (secondary N) is 1. The number of nitrogens with zero attached hydrogens (tertiary/aromatic N) is 3. The van der Waals surface area contributed by atoms with E-state index in [2.05, 4.69) is 31.4 Å². The van der Waals surface area contributed by atoms with Crippen molar-refractivity contribution < 1.29 is 14.4 Å². The molecule has 1 atom stereocenters. The van der Waals surface area contributed by atoms with Crippen LogP contribution in [-0.4, -0.2) is 37.6 Å². The number of rotatable bonds is 5. The zero-order chi connectivity index (χ0) is 17.3. The molecular formula is C15H13BrN4O3S. The summed E-state index contributed by atoms with van der Waals surface area (Å²) in [6, 6.07) is 6.69. The first-order chi connectivity index (χ1) is 11.5. The van der Waals surface area contributed by atoms with Gasteiger partial charge in [-0.25, -0.2) is 0 Å². The van der Waals surface area contributed by atoms with Crippen LogP contribution in [0.4, 0.5) is 5.13 Å². The summed E-state index contributed by atoms with van der Waals surface area (Å²) < 4.78 is 0. The molecule has 1 N–H and O–H groups in total. The van der Waals surface area contributed by atoms with Crippen LogP contribution in [0, 0.1) is 0 Å². The summed E-state index contributed by atoms with van der Waals surface area (Å²) in [5, 5.41) is 11.3. The van der Waals surface area contributed by atoms with Crippen molar-refractivity contribution in [1.82, 2.24) is 15.1 Å². The van der Waals surface area contributed by atoms with Crippen molar-refractivity contribution in [2.75, 3.05) is 5.32 Å². The van der Waals surface area contributed by atoms with Gasteiger partial charge in [-0.3, -0.25) is 24.6 Å². The summed E-state index contributed by atoms with van der Waals surface area (Å²) >= 11 is 4.39. The first kappa shape index (κ1) is 16.7. The van der Waals surface area contributed by atoms with Crippen molar-refractivity contribution >= 4 is 50.1 Å². The summed E-state index contributed by atoms with van der Waals surface area (Å²) in [6.45, 7) is 1.91. The van der Waals surface area contributed by atoms with Crippen LogP contribution in [0.15, 0.2) is 24.3 Å². The lowest BCUT2D eigenvalue weighted by Gasteiger charge is -2.10. The molecule has 0 saturated carbocycles. The molecule has 0 bridgehead atoms. The van der Waals surface area contributed by atoms with Crippen LogP contribution in [0.5, 0.6) is 0 Å². The second-order valence-electron chi connectivity index (χ2n) is 5.11. The maximum absolute atomic E-state index is 12.3. The molecule has 2 heterocycles. The maximum atomic E-state index is 12.3. The first-order valence-corrected chi connectivity index (χ1v) is 8.97. The van der Waals surface area contributed by atoms with Gasteiger partial charge in [0.05, 0.1) is 22.5 Å². The van der Waals surface area contributed by atoms with E-state index in [0.717, 1.165) is 16.2 Å². The van der Waals surface area contributed by atoms with Crippen LogP contribution in [-0.2, 0) is 11.3 Å². The van der Waals surface area contributed by atoms with Gasteiger partial charge in [0.15, 0.2) is 0 Å². The van der Waals surface area contributed by atoms with Crippen LogP contribution in [0.1, 0.15) is 39.1 Å². The molecule has 0 radical (unpaired) electrons. The van der Waals surface area contributed by atoms with E-state index in [4.69, 9.17) is 0 Å². The van der Waals surface area contributed by atoms with Crippen LogP contribution in [0.2, 0.25) is 0 Å². The molecule has 1 aliphatic rings. The second-order valence-corrected chi connectivity index (χ2v) is 7.28. The lowest BCUT2D eigenvalue weighted by molar-refractivity contribution is -0.115. The lowest BCUT2D eigenvalue weighted by atomic mass is 10.1. The normalized spacial score (nSPS) is 14.7. The van der Waals surface area contributed by atoms with E-state index in [-0.39, 0.29) is 29.1 Å². The minimum absolute atomic E-state index is 0.0331. The molecule has 0 aliphatic carbocycles. The largest absolute Gasteiger partial charge is 0.300 e. The Labute approximate surface area is 150 Å². The predicted molar refractivity (Wildman–Crippen MR) is 92.2 cm³/mol. The Morgan fingerprint density at radius 3 is 2.46 bits per heavy atom. The molecular weight excluding hydrogens is 396 g/mol. The van der Waals surface area contributed by atoms with Crippen molar-refractivity contribution in [3.8, 4) is 0 Å². The van der Waals surface area contributed by atoms with E-state index >= 15 is 0 Å². The molecule has 1 aliphatic heterocycles. The van der Waals surface area contributed by atoms with Gasteiger partial charge in [-0.15, -0.1) is 10.2 Å².